The number of rotatable bonds is 5. The number of anilines is 1. The molecule has 0 saturated heterocycles. The topological polar surface area (TPSA) is 68.0 Å². The molecule has 0 saturated carbocycles. The largest absolute Gasteiger partial charge is 0.339 e. The summed E-state index contributed by atoms with van der Waals surface area (Å²) in [6.45, 7) is 2.02. The summed E-state index contributed by atoms with van der Waals surface area (Å²) in [5, 5.41) is 9.10. The van der Waals surface area contributed by atoms with Crippen LogP contribution >= 0.6 is 0 Å². The first kappa shape index (κ1) is 17.0. The smallest absolute Gasteiger partial charge is 0.227 e. The zero-order valence-electron chi connectivity index (χ0n) is 15.0. The van der Waals surface area contributed by atoms with E-state index in [9.17, 15) is 4.79 Å². The number of nitrogens with one attached hydrogen (secondary N) is 1. The molecule has 0 aliphatic carbocycles. The molecule has 0 aliphatic heterocycles. The van der Waals surface area contributed by atoms with Gasteiger partial charge in [-0.2, -0.15) is 4.98 Å². The Balaban J connectivity index is 1.41. The SMILES string of the molecule is Cc1cccc(-c2noc(CCC(=O)Nc3cccc4ccccc34)n2)c1. The standard InChI is InChI=1S/C22H19N3O2/c1-15-6-4-9-17(14-15)22-24-21(27-25-22)13-12-20(26)23-19-11-5-8-16-7-2-3-10-18(16)19/h2-11,14H,12-13H2,1H3,(H,23,26). The van der Waals surface area contributed by atoms with Crippen molar-refractivity contribution in [1.29, 1.82) is 0 Å². The number of benzene rings is 3. The van der Waals surface area contributed by atoms with Crippen LogP contribution in [0.1, 0.15) is 17.9 Å². The van der Waals surface area contributed by atoms with Gasteiger partial charge >= 0.3 is 0 Å². The number of fused-ring (bicyclic) bond motifs is 1. The van der Waals surface area contributed by atoms with Crippen LogP contribution in [0.5, 0.6) is 0 Å². The quantitative estimate of drug-likeness (QED) is 0.559. The predicted molar refractivity (Wildman–Crippen MR) is 105 cm³/mol. The van der Waals surface area contributed by atoms with Gasteiger partial charge in [-0.3, -0.25) is 4.79 Å². The van der Waals surface area contributed by atoms with Gasteiger partial charge in [0.2, 0.25) is 17.6 Å². The van der Waals surface area contributed by atoms with Crippen molar-refractivity contribution >= 4 is 22.4 Å². The molecule has 1 aromatic heterocycles. The molecule has 0 aliphatic rings. The Morgan fingerprint density at radius 1 is 1.04 bits per heavy atom. The van der Waals surface area contributed by atoms with Gasteiger partial charge in [-0.25, -0.2) is 0 Å². The fourth-order valence-corrected chi connectivity index (χ4v) is 3.03. The van der Waals surface area contributed by atoms with Gasteiger partial charge in [0.1, 0.15) is 0 Å². The number of nitrogens with zero attached hydrogens (tertiary/aromatic N) is 2. The molecular formula is C22H19N3O2. The van der Waals surface area contributed by atoms with Crippen LogP contribution in [0, 0.1) is 6.92 Å². The molecule has 0 fully saturated rings. The summed E-state index contributed by atoms with van der Waals surface area (Å²) in [6, 6.07) is 21.7. The Morgan fingerprint density at radius 2 is 1.85 bits per heavy atom. The number of carbonyl (C=O) groups is 1. The Labute approximate surface area is 157 Å². The van der Waals surface area contributed by atoms with Crippen molar-refractivity contribution in [2.24, 2.45) is 0 Å². The molecule has 0 atom stereocenters. The summed E-state index contributed by atoms with van der Waals surface area (Å²) in [5.41, 5.74) is 2.85. The molecule has 0 spiro atoms. The zero-order valence-corrected chi connectivity index (χ0v) is 15.0. The van der Waals surface area contributed by atoms with Crippen LogP contribution in [0.2, 0.25) is 0 Å². The van der Waals surface area contributed by atoms with E-state index in [1.54, 1.807) is 0 Å². The van der Waals surface area contributed by atoms with Gasteiger partial charge in [-0.1, -0.05) is 65.3 Å². The second-order valence-corrected chi connectivity index (χ2v) is 6.46. The summed E-state index contributed by atoms with van der Waals surface area (Å²) < 4.78 is 5.29. The lowest BCUT2D eigenvalue weighted by Gasteiger charge is -2.08. The third-order valence-corrected chi connectivity index (χ3v) is 4.37. The Hall–Kier alpha value is -3.47. The monoisotopic (exact) mass is 357 g/mol. The van der Waals surface area contributed by atoms with E-state index < -0.39 is 0 Å². The van der Waals surface area contributed by atoms with Gasteiger partial charge in [0.05, 0.1) is 0 Å². The van der Waals surface area contributed by atoms with Crippen LogP contribution in [0.15, 0.2) is 71.3 Å². The summed E-state index contributed by atoms with van der Waals surface area (Å²) in [7, 11) is 0. The molecule has 27 heavy (non-hydrogen) atoms. The molecule has 1 heterocycles. The van der Waals surface area contributed by atoms with Crippen LogP contribution < -0.4 is 5.32 Å². The molecule has 3 aromatic carbocycles. The molecule has 0 unspecified atom stereocenters. The summed E-state index contributed by atoms with van der Waals surface area (Å²) in [6.07, 6.45) is 0.675. The molecule has 134 valence electrons. The number of carbonyl (C=O) groups excluding carboxylic acids is 1. The number of hydrogen-bond donors (Lipinski definition) is 1. The molecule has 0 radical (unpaired) electrons. The van der Waals surface area contributed by atoms with Crippen molar-refractivity contribution in [2.75, 3.05) is 5.32 Å². The van der Waals surface area contributed by atoms with Crippen molar-refractivity contribution in [1.82, 2.24) is 10.1 Å². The molecule has 5 nitrogen and oxygen atoms in total. The third kappa shape index (κ3) is 3.87. The summed E-state index contributed by atoms with van der Waals surface area (Å²) in [4.78, 5) is 16.7. The highest BCUT2D eigenvalue weighted by atomic mass is 16.5. The van der Waals surface area contributed by atoms with Gasteiger partial charge in [0, 0.05) is 29.5 Å². The highest BCUT2D eigenvalue weighted by Crippen LogP contribution is 2.23. The molecular weight excluding hydrogens is 338 g/mol. The van der Waals surface area contributed by atoms with Crippen LogP contribution in [0.25, 0.3) is 22.2 Å². The highest BCUT2D eigenvalue weighted by molar-refractivity contribution is 6.02. The third-order valence-electron chi connectivity index (χ3n) is 4.37. The lowest BCUT2D eigenvalue weighted by molar-refractivity contribution is -0.116. The minimum absolute atomic E-state index is 0.0818. The maximum atomic E-state index is 12.3. The lowest BCUT2D eigenvalue weighted by Crippen LogP contribution is -2.12. The van der Waals surface area contributed by atoms with Crippen molar-refractivity contribution < 1.29 is 9.32 Å². The predicted octanol–water partition coefficient (Wildman–Crippen LogP) is 4.77. The Kier molecular flexibility index (Phi) is 4.66. The van der Waals surface area contributed by atoms with E-state index in [2.05, 4.69) is 15.5 Å². The first-order valence-electron chi connectivity index (χ1n) is 8.86. The van der Waals surface area contributed by atoms with Crippen LogP contribution in [-0.4, -0.2) is 16.0 Å². The van der Waals surface area contributed by atoms with Crippen molar-refractivity contribution in [3.05, 3.63) is 78.2 Å². The van der Waals surface area contributed by atoms with Crippen molar-refractivity contribution in [3.8, 4) is 11.4 Å². The molecule has 1 N–H and O–H groups in total. The van der Waals surface area contributed by atoms with Gasteiger partial charge in [-0.05, 0) is 24.4 Å². The van der Waals surface area contributed by atoms with Crippen molar-refractivity contribution in [2.45, 2.75) is 19.8 Å². The lowest BCUT2D eigenvalue weighted by atomic mass is 10.1. The molecule has 0 bridgehead atoms. The number of aromatic nitrogens is 2. The Morgan fingerprint density at radius 3 is 2.74 bits per heavy atom. The highest BCUT2D eigenvalue weighted by Gasteiger charge is 2.11. The number of amides is 1. The zero-order chi connectivity index (χ0) is 18.6. The number of hydrogen-bond acceptors (Lipinski definition) is 4. The fourth-order valence-electron chi connectivity index (χ4n) is 3.03. The molecule has 4 aromatic rings. The van der Waals surface area contributed by atoms with E-state index in [-0.39, 0.29) is 12.3 Å². The maximum Gasteiger partial charge on any atom is 0.227 e. The number of aryl methyl sites for hydroxylation is 2. The van der Waals surface area contributed by atoms with E-state index in [0.29, 0.717) is 18.1 Å². The molecule has 5 heteroatoms. The maximum absolute atomic E-state index is 12.3. The first-order chi connectivity index (χ1) is 13.2. The summed E-state index contributed by atoms with van der Waals surface area (Å²) >= 11 is 0. The van der Waals surface area contributed by atoms with Gasteiger partial charge in [0.25, 0.3) is 0 Å². The second kappa shape index (κ2) is 7.41. The van der Waals surface area contributed by atoms with Gasteiger partial charge in [-0.15, -0.1) is 0 Å². The normalized spacial score (nSPS) is 10.9. The van der Waals surface area contributed by atoms with Crippen LogP contribution in [-0.2, 0) is 11.2 Å². The van der Waals surface area contributed by atoms with Gasteiger partial charge in [0.15, 0.2) is 0 Å². The van der Waals surface area contributed by atoms with E-state index in [0.717, 1.165) is 27.6 Å². The minimum Gasteiger partial charge on any atom is -0.339 e. The van der Waals surface area contributed by atoms with Crippen LogP contribution in [0.3, 0.4) is 0 Å². The van der Waals surface area contributed by atoms with E-state index in [1.807, 2.05) is 73.7 Å². The van der Waals surface area contributed by atoms with E-state index in [4.69, 9.17) is 4.52 Å². The van der Waals surface area contributed by atoms with E-state index >= 15 is 0 Å². The Bertz CT molecular complexity index is 1100. The minimum atomic E-state index is -0.0818. The average molecular weight is 357 g/mol. The molecule has 4 rings (SSSR count). The fraction of sp³-hybridized carbons (Fsp3) is 0.136. The molecule has 1 amide bonds. The first-order valence-corrected chi connectivity index (χ1v) is 8.86. The van der Waals surface area contributed by atoms with E-state index in [1.165, 1.54) is 0 Å². The average Bonchev–Trinajstić information content (AvgIpc) is 3.16. The van der Waals surface area contributed by atoms with Gasteiger partial charge < -0.3 is 9.84 Å². The second-order valence-electron chi connectivity index (χ2n) is 6.46. The summed E-state index contributed by atoms with van der Waals surface area (Å²) in [5.74, 6) is 0.921. The van der Waals surface area contributed by atoms with Crippen LogP contribution in [0.4, 0.5) is 5.69 Å². The van der Waals surface area contributed by atoms with Crippen molar-refractivity contribution in [3.63, 3.8) is 0 Å².